The summed E-state index contributed by atoms with van der Waals surface area (Å²) < 4.78 is 18.5. The number of nitrogens with one attached hydrogen (secondary N) is 2. The van der Waals surface area contributed by atoms with Crippen LogP contribution in [0.4, 0.5) is 4.39 Å². The first-order chi connectivity index (χ1) is 12.6. The molecule has 7 heteroatoms. The summed E-state index contributed by atoms with van der Waals surface area (Å²) in [7, 11) is 0. The zero-order chi connectivity index (χ0) is 18.4. The van der Waals surface area contributed by atoms with Gasteiger partial charge in [0, 0.05) is 6.04 Å². The highest BCUT2D eigenvalue weighted by Crippen LogP contribution is 2.18. The lowest BCUT2D eigenvalue weighted by Gasteiger charge is -2.06. The first-order valence-corrected chi connectivity index (χ1v) is 8.21. The lowest BCUT2D eigenvalue weighted by atomic mass is 10.2. The standard InChI is InChI=1S/C19H18FN3O3/c20-15-5-1-14(2-6-15)12-26-17-9-3-13(4-10-17)11-21-23-19(25)18(24)22-16-7-8-16/h1-6,9-11,16H,7-8,12H2,(H,22,24)(H,23,25)/b21-11-. The van der Waals surface area contributed by atoms with Crippen molar-refractivity contribution < 1.29 is 18.7 Å². The van der Waals surface area contributed by atoms with Crippen LogP contribution >= 0.6 is 0 Å². The highest BCUT2D eigenvalue weighted by Gasteiger charge is 2.26. The third kappa shape index (κ3) is 5.41. The maximum absolute atomic E-state index is 12.8. The van der Waals surface area contributed by atoms with E-state index in [0.29, 0.717) is 12.4 Å². The Hall–Kier alpha value is -3.22. The number of carbonyl (C=O) groups is 2. The Morgan fingerprint density at radius 1 is 1.08 bits per heavy atom. The summed E-state index contributed by atoms with van der Waals surface area (Å²) >= 11 is 0. The van der Waals surface area contributed by atoms with Crippen molar-refractivity contribution in [3.8, 4) is 5.75 Å². The van der Waals surface area contributed by atoms with Crippen molar-refractivity contribution in [3.63, 3.8) is 0 Å². The van der Waals surface area contributed by atoms with Gasteiger partial charge in [-0.25, -0.2) is 9.82 Å². The highest BCUT2D eigenvalue weighted by molar-refractivity contribution is 6.35. The summed E-state index contributed by atoms with van der Waals surface area (Å²) in [6.07, 6.45) is 3.27. The van der Waals surface area contributed by atoms with Crippen LogP contribution in [0.2, 0.25) is 0 Å². The minimum Gasteiger partial charge on any atom is -0.489 e. The van der Waals surface area contributed by atoms with Gasteiger partial charge in [-0.3, -0.25) is 9.59 Å². The summed E-state index contributed by atoms with van der Waals surface area (Å²) in [5.74, 6) is -1.09. The fourth-order valence-electron chi connectivity index (χ4n) is 2.09. The Morgan fingerprint density at radius 3 is 2.42 bits per heavy atom. The van der Waals surface area contributed by atoms with E-state index in [0.717, 1.165) is 24.0 Å². The SMILES string of the molecule is O=C(N/N=C\c1ccc(OCc2ccc(F)cc2)cc1)C(=O)NC1CC1. The molecule has 1 aliphatic carbocycles. The smallest absolute Gasteiger partial charge is 0.329 e. The first kappa shape index (κ1) is 17.6. The number of ether oxygens (including phenoxy) is 1. The van der Waals surface area contributed by atoms with Crippen LogP contribution in [-0.4, -0.2) is 24.1 Å². The Balaban J connectivity index is 1.45. The molecule has 0 spiro atoms. The first-order valence-electron chi connectivity index (χ1n) is 8.21. The van der Waals surface area contributed by atoms with E-state index in [9.17, 15) is 14.0 Å². The number of hydrogen-bond donors (Lipinski definition) is 2. The third-order valence-corrected chi connectivity index (χ3v) is 3.70. The monoisotopic (exact) mass is 355 g/mol. The maximum atomic E-state index is 12.8. The largest absolute Gasteiger partial charge is 0.489 e. The van der Waals surface area contributed by atoms with E-state index in [1.165, 1.54) is 18.3 Å². The van der Waals surface area contributed by atoms with Crippen molar-refractivity contribution in [2.75, 3.05) is 0 Å². The van der Waals surface area contributed by atoms with Gasteiger partial charge in [-0.2, -0.15) is 5.10 Å². The molecule has 2 amide bonds. The van der Waals surface area contributed by atoms with Gasteiger partial charge in [0.25, 0.3) is 0 Å². The van der Waals surface area contributed by atoms with Crippen LogP contribution in [0.3, 0.4) is 0 Å². The molecule has 0 atom stereocenters. The molecule has 0 saturated heterocycles. The number of hydrogen-bond acceptors (Lipinski definition) is 4. The highest BCUT2D eigenvalue weighted by atomic mass is 19.1. The van der Waals surface area contributed by atoms with Crippen molar-refractivity contribution in [2.24, 2.45) is 5.10 Å². The molecule has 0 aliphatic heterocycles. The predicted molar refractivity (Wildman–Crippen MR) is 94.1 cm³/mol. The van der Waals surface area contributed by atoms with Gasteiger partial charge < -0.3 is 10.1 Å². The lowest BCUT2D eigenvalue weighted by molar-refractivity contribution is -0.139. The van der Waals surface area contributed by atoms with Gasteiger partial charge in [0.15, 0.2) is 0 Å². The molecule has 0 heterocycles. The molecule has 0 radical (unpaired) electrons. The minimum atomic E-state index is -0.785. The van der Waals surface area contributed by atoms with Crippen LogP contribution in [0, 0.1) is 5.82 Å². The average Bonchev–Trinajstić information content (AvgIpc) is 3.46. The molecule has 0 bridgehead atoms. The average molecular weight is 355 g/mol. The molecule has 1 aliphatic rings. The van der Waals surface area contributed by atoms with E-state index in [1.807, 2.05) is 0 Å². The Labute approximate surface area is 150 Å². The molecule has 1 saturated carbocycles. The fraction of sp³-hybridized carbons (Fsp3) is 0.211. The molecule has 2 N–H and O–H groups in total. The Kier molecular flexibility index (Phi) is 5.58. The van der Waals surface area contributed by atoms with Crippen LogP contribution in [0.5, 0.6) is 5.75 Å². The fourth-order valence-corrected chi connectivity index (χ4v) is 2.09. The molecule has 2 aromatic carbocycles. The number of benzene rings is 2. The molecule has 0 unspecified atom stereocenters. The van der Waals surface area contributed by atoms with Crippen LogP contribution in [-0.2, 0) is 16.2 Å². The van der Waals surface area contributed by atoms with Crippen molar-refractivity contribution in [1.29, 1.82) is 0 Å². The summed E-state index contributed by atoms with van der Waals surface area (Å²) in [6, 6.07) is 13.3. The van der Waals surface area contributed by atoms with E-state index in [-0.39, 0.29) is 11.9 Å². The van der Waals surface area contributed by atoms with Crippen molar-refractivity contribution in [3.05, 3.63) is 65.5 Å². The Bertz CT molecular complexity index is 800. The molecule has 0 aromatic heterocycles. The molecule has 3 rings (SSSR count). The summed E-state index contributed by atoms with van der Waals surface area (Å²) in [5.41, 5.74) is 3.79. The zero-order valence-electron chi connectivity index (χ0n) is 13.9. The number of nitrogens with zero attached hydrogens (tertiary/aromatic N) is 1. The van der Waals surface area contributed by atoms with Gasteiger partial charge in [-0.15, -0.1) is 0 Å². The van der Waals surface area contributed by atoms with Gasteiger partial charge in [-0.05, 0) is 60.4 Å². The molecule has 134 valence electrons. The molecular formula is C19H18FN3O3. The minimum absolute atomic E-state index is 0.125. The normalized spacial score (nSPS) is 13.4. The number of carbonyl (C=O) groups excluding carboxylic acids is 2. The van der Waals surface area contributed by atoms with E-state index >= 15 is 0 Å². The number of amides is 2. The molecule has 2 aromatic rings. The summed E-state index contributed by atoms with van der Waals surface area (Å²) in [4.78, 5) is 23.0. The van der Waals surface area contributed by atoms with Gasteiger partial charge in [-0.1, -0.05) is 12.1 Å². The van der Waals surface area contributed by atoms with Gasteiger partial charge in [0.1, 0.15) is 18.2 Å². The number of halogens is 1. The van der Waals surface area contributed by atoms with Crippen LogP contribution in [0.25, 0.3) is 0 Å². The maximum Gasteiger partial charge on any atom is 0.329 e. The van der Waals surface area contributed by atoms with Crippen molar-refractivity contribution >= 4 is 18.0 Å². The lowest BCUT2D eigenvalue weighted by Crippen LogP contribution is -2.38. The second-order valence-electron chi connectivity index (χ2n) is 5.93. The number of hydrazone groups is 1. The second-order valence-corrected chi connectivity index (χ2v) is 5.93. The molecule has 6 nitrogen and oxygen atoms in total. The second kappa shape index (κ2) is 8.24. The van der Waals surface area contributed by atoms with E-state index in [1.54, 1.807) is 36.4 Å². The van der Waals surface area contributed by atoms with E-state index in [2.05, 4.69) is 15.8 Å². The summed E-state index contributed by atoms with van der Waals surface area (Å²) in [6.45, 7) is 0.333. The molecule has 26 heavy (non-hydrogen) atoms. The van der Waals surface area contributed by atoms with Gasteiger partial charge >= 0.3 is 11.8 Å². The van der Waals surface area contributed by atoms with E-state index in [4.69, 9.17) is 4.74 Å². The van der Waals surface area contributed by atoms with Crippen LogP contribution < -0.4 is 15.5 Å². The summed E-state index contributed by atoms with van der Waals surface area (Å²) in [5, 5.41) is 6.34. The van der Waals surface area contributed by atoms with Crippen LogP contribution in [0.1, 0.15) is 24.0 Å². The Morgan fingerprint density at radius 2 is 1.77 bits per heavy atom. The van der Waals surface area contributed by atoms with Crippen molar-refractivity contribution in [2.45, 2.75) is 25.5 Å². The van der Waals surface area contributed by atoms with E-state index < -0.39 is 11.8 Å². The molecular weight excluding hydrogens is 337 g/mol. The number of rotatable bonds is 6. The van der Waals surface area contributed by atoms with Gasteiger partial charge in [0.2, 0.25) is 0 Å². The van der Waals surface area contributed by atoms with Gasteiger partial charge in [0.05, 0.1) is 6.21 Å². The predicted octanol–water partition coefficient (Wildman–Crippen LogP) is 2.13. The third-order valence-electron chi connectivity index (χ3n) is 3.70. The topological polar surface area (TPSA) is 79.8 Å². The quantitative estimate of drug-likeness (QED) is 0.473. The molecule has 1 fully saturated rings. The van der Waals surface area contributed by atoms with Crippen LogP contribution in [0.15, 0.2) is 53.6 Å². The zero-order valence-corrected chi connectivity index (χ0v) is 13.9. The van der Waals surface area contributed by atoms with Crippen molar-refractivity contribution in [1.82, 2.24) is 10.7 Å².